The minimum Gasteiger partial charge on any atom is -0.379 e. The van der Waals surface area contributed by atoms with E-state index in [1.807, 2.05) is 19.1 Å². The minimum atomic E-state index is 0.415. The number of fused-ring (bicyclic) bond motifs is 1. The van der Waals surface area contributed by atoms with Crippen LogP contribution in [0.3, 0.4) is 0 Å². The van der Waals surface area contributed by atoms with Crippen molar-refractivity contribution in [1.29, 1.82) is 0 Å². The maximum absolute atomic E-state index is 6.02. The van der Waals surface area contributed by atoms with Crippen LogP contribution in [0, 0.1) is 6.92 Å². The predicted octanol–water partition coefficient (Wildman–Crippen LogP) is 1.81. The summed E-state index contributed by atoms with van der Waals surface area (Å²) in [6.07, 6.45) is 0. The highest BCUT2D eigenvalue weighted by Gasteiger charge is 2.14. The summed E-state index contributed by atoms with van der Waals surface area (Å²) >= 11 is 6.02. The molecule has 0 aliphatic carbocycles. The van der Waals surface area contributed by atoms with Gasteiger partial charge in [-0.05, 0) is 19.1 Å². The van der Waals surface area contributed by atoms with E-state index >= 15 is 0 Å². The fourth-order valence-corrected chi connectivity index (χ4v) is 2.75. The number of rotatable bonds is 4. The second-order valence-electron chi connectivity index (χ2n) is 5.06. The van der Waals surface area contributed by atoms with Crippen molar-refractivity contribution in [2.24, 2.45) is 0 Å². The Morgan fingerprint density at radius 3 is 2.75 bits per heavy atom. The van der Waals surface area contributed by atoms with Gasteiger partial charge in [-0.1, -0.05) is 0 Å². The Morgan fingerprint density at radius 2 is 2.00 bits per heavy atom. The highest BCUT2D eigenvalue weighted by atomic mass is 35.5. The molecule has 1 aliphatic heterocycles. The maximum atomic E-state index is 6.02. The lowest BCUT2D eigenvalue weighted by Gasteiger charge is -2.26. The smallest absolute Gasteiger partial charge is 0.160 e. The zero-order chi connectivity index (χ0) is 13.9. The van der Waals surface area contributed by atoms with Gasteiger partial charge in [0.2, 0.25) is 0 Å². The van der Waals surface area contributed by atoms with Gasteiger partial charge >= 0.3 is 0 Å². The van der Waals surface area contributed by atoms with Crippen LogP contribution in [-0.4, -0.2) is 52.3 Å². The van der Waals surface area contributed by atoms with Crippen molar-refractivity contribution in [3.8, 4) is 0 Å². The third-order valence-electron chi connectivity index (χ3n) is 3.67. The zero-order valence-corrected chi connectivity index (χ0v) is 12.4. The molecule has 0 N–H and O–H groups in total. The quantitative estimate of drug-likeness (QED) is 0.807. The molecular weight excluding hydrogens is 276 g/mol. The van der Waals surface area contributed by atoms with Gasteiger partial charge in [-0.15, -0.1) is 11.6 Å². The first kappa shape index (κ1) is 13.8. The number of pyridine rings is 1. The molecule has 1 fully saturated rings. The summed E-state index contributed by atoms with van der Waals surface area (Å²) in [6, 6.07) is 4.00. The van der Waals surface area contributed by atoms with Crippen molar-refractivity contribution in [2.45, 2.75) is 19.3 Å². The van der Waals surface area contributed by atoms with Crippen LogP contribution in [0.25, 0.3) is 11.2 Å². The molecule has 1 saturated heterocycles. The molecule has 0 bridgehead atoms. The van der Waals surface area contributed by atoms with E-state index in [0.717, 1.165) is 62.1 Å². The van der Waals surface area contributed by atoms with Crippen molar-refractivity contribution in [3.63, 3.8) is 0 Å². The fraction of sp³-hybridized carbons (Fsp3) is 0.571. The lowest BCUT2D eigenvalue weighted by atomic mass is 10.3. The Kier molecular flexibility index (Phi) is 4.19. The Hall–Kier alpha value is -1.17. The number of halogens is 1. The number of aromatic nitrogens is 3. The van der Waals surface area contributed by atoms with Crippen LogP contribution in [0.1, 0.15) is 11.5 Å². The molecule has 0 radical (unpaired) electrons. The summed E-state index contributed by atoms with van der Waals surface area (Å²) in [7, 11) is 0. The Balaban J connectivity index is 1.83. The molecule has 2 aromatic heterocycles. The zero-order valence-electron chi connectivity index (χ0n) is 11.7. The second-order valence-corrected chi connectivity index (χ2v) is 5.33. The fourth-order valence-electron chi connectivity index (χ4n) is 2.55. The molecule has 0 unspecified atom stereocenters. The van der Waals surface area contributed by atoms with E-state index in [1.165, 1.54) is 0 Å². The van der Waals surface area contributed by atoms with E-state index in [4.69, 9.17) is 16.3 Å². The topological polar surface area (TPSA) is 43.2 Å². The van der Waals surface area contributed by atoms with Gasteiger partial charge in [0, 0.05) is 31.9 Å². The van der Waals surface area contributed by atoms with E-state index < -0.39 is 0 Å². The van der Waals surface area contributed by atoms with Gasteiger partial charge in [0.05, 0.1) is 19.1 Å². The van der Waals surface area contributed by atoms with Crippen molar-refractivity contribution >= 4 is 22.8 Å². The number of imidazole rings is 1. The van der Waals surface area contributed by atoms with Crippen LogP contribution < -0.4 is 0 Å². The molecule has 0 aromatic carbocycles. The highest BCUT2D eigenvalue weighted by molar-refractivity contribution is 6.16. The van der Waals surface area contributed by atoms with Crippen LogP contribution in [0.15, 0.2) is 12.1 Å². The van der Waals surface area contributed by atoms with E-state index in [9.17, 15) is 0 Å². The lowest BCUT2D eigenvalue weighted by molar-refractivity contribution is 0.0364. The number of hydrogen-bond donors (Lipinski definition) is 0. The standard InChI is InChI=1S/C14H19ClN4O/c1-11-2-3-12-14(16-11)19(13(10-15)17-12)5-4-18-6-8-20-9-7-18/h2-3H,4-10H2,1H3. The average Bonchev–Trinajstić information content (AvgIpc) is 2.83. The molecule has 3 rings (SSSR count). The number of morpholine rings is 1. The number of hydrogen-bond acceptors (Lipinski definition) is 4. The van der Waals surface area contributed by atoms with E-state index in [0.29, 0.717) is 5.88 Å². The number of aryl methyl sites for hydroxylation is 1. The van der Waals surface area contributed by atoms with Crippen molar-refractivity contribution in [1.82, 2.24) is 19.4 Å². The molecule has 0 atom stereocenters. The summed E-state index contributed by atoms with van der Waals surface area (Å²) in [5.41, 5.74) is 2.87. The Bertz CT molecular complexity index is 592. The molecule has 0 saturated carbocycles. The van der Waals surface area contributed by atoms with Crippen LogP contribution >= 0.6 is 11.6 Å². The van der Waals surface area contributed by atoms with Gasteiger partial charge in [0.1, 0.15) is 11.3 Å². The molecule has 5 nitrogen and oxygen atoms in total. The van der Waals surface area contributed by atoms with Crippen molar-refractivity contribution in [3.05, 3.63) is 23.7 Å². The summed E-state index contributed by atoms with van der Waals surface area (Å²) < 4.78 is 7.52. The summed E-state index contributed by atoms with van der Waals surface area (Å²) in [4.78, 5) is 11.6. The van der Waals surface area contributed by atoms with Gasteiger partial charge in [-0.2, -0.15) is 0 Å². The molecule has 3 heterocycles. The van der Waals surface area contributed by atoms with Crippen LogP contribution in [0.4, 0.5) is 0 Å². The third-order valence-corrected chi connectivity index (χ3v) is 3.91. The van der Waals surface area contributed by atoms with E-state index in [2.05, 4.69) is 19.4 Å². The average molecular weight is 295 g/mol. The first-order chi connectivity index (χ1) is 9.78. The SMILES string of the molecule is Cc1ccc2nc(CCl)n(CCN3CCOCC3)c2n1. The minimum absolute atomic E-state index is 0.415. The van der Waals surface area contributed by atoms with Crippen LogP contribution in [-0.2, 0) is 17.2 Å². The second kappa shape index (κ2) is 6.08. The van der Waals surface area contributed by atoms with Gasteiger partial charge < -0.3 is 9.30 Å². The molecule has 6 heteroatoms. The summed E-state index contributed by atoms with van der Waals surface area (Å²) in [5, 5.41) is 0. The van der Waals surface area contributed by atoms with Crippen molar-refractivity contribution < 1.29 is 4.74 Å². The first-order valence-corrected chi connectivity index (χ1v) is 7.50. The summed E-state index contributed by atoms with van der Waals surface area (Å²) in [5.74, 6) is 1.31. The summed E-state index contributed by atoms with van der Waals surface area (Å²) in [6.45, 7) is 7.49. The van der Waals surface area contributed by atoms with Crippen LogP contribution in [0.5, 0.6) is 0 Å². The number of alkyl halides is 1. The normalized spacial score (nSPS) is 16.9. The highest BCUT2D eigenvalue weighted by Crippen LogP contribution is 2.16. The molecule has 108 valence electrons. The maximum Gasteiger partial charge on any atom is 0.160 e. The van der Waals surface area contributed by atoms with Crippen molar-refractivity contribution in [2.75, 3.05) is 32.8 Å². The van der Waals surface area contributed by atoms with Gasteiger partial charge in [0.15, 0.2) is 5.65 Å². The molecular formula is C14H19ClN4O. The first-order valence-electron chi connectivity index (χ1n) is 6.97. The number of ether oxygens (including phenoxy) is 1. The molecule has 2 aromatic rings. The molecule has 0 spiro atoms. The third kappa shape index (κ3) is 2.80. The Labute approximate surface area is 123 Å². The molecule has 20 heavy (non-hydrogen) atoms. The largest absolute Gasteiger partial charge is 0.379 e. The van der Waals surface area contributed by atoms with E-state index in [1.54, 1.807) is 0 Å². The predicted molar refractivity (Wildman–Crippen MR) is 79.1 cm³/mol. The molecule has 1 aliphatic rings. The Morgan fingerprint density at radius 1 is 1.20 bits per heavy atom. The monoisotopic (exact) mass is 294 g/mol. The lowest BCUT2D eigenvalue weighted by Crippen LogP contribution is -2.38. The van der Waals surface area contributed by atoms with Gasteiger partial charge in [0.25, 0.3) is 0 Å². The van der Waals surface area contributed by atoms with Gasteiger partial charge in [-0.25, -0.2) is 9.97 Å². The van der Waals surface area contributed by atoms with Gasteiger partial charge in [-0.3, -0.25) is 4.90 Å². The van der Waals surface area contributed by atoms with Crippen LogP contribution in [0.2, 0.25) is 0 Å². The molecule has 0 amide bonds. The number of nitrogens with zero attached hydrogens (tertiary/aromatic N) is 4. The van der Waals surface area contributed by atoms with E-state index in [-0.39, 0.29) is 0 Å².